The molecule has 160 valence electrons. The molecule has 0 aromatic heterocycles. The third-order valence-electron chi connectivity index (χ3n) is 6.54. The molecule has 2 aromatic carbocycles. The fourth-order valence-electron chi connectivity index (χ4n) is 4.91. The lowest BCUT2D eigenvalue weighted by Crippen LogP contribution is -2.44. The van der Waals surface area contributed by atoms with E-state index in [0.29, 0.717) is 12.3 Å². The van der Waals surface area contributed by atoms with Crippen LogP contribution in [0.2, 0.25) is 0 Å². The molecule has 1 saturated carbocycles. The summed E-state index contributed by atoms with van der Waals surface area (Å²) in [6.45, 7) is 0.717. The lowest BCUT2D eigenvalue weighted by atomic mass is 9.84. The van der Waals surface area contributed by atoms with Crippen molar-refractivity contribution in [2.45, 2.75) is 44.6 Å². The van der Waals surface area contributed by atoms with Crippen LogP contribution in [0.5, 0.6) is 17.2 Å². The number of benzene rings is 2. The highest BCUT2D eigenvalue weighted by Crippen LogP contribution is 2.42. The number of rotatable bonds is 5. The first kappa shape index (κ1) is 20.6. The van der Waals surface area contributed by atoms with Gasteiger partial charge in [-0.25, -0.2) is 0 Å². The van der Waals surface area contributed by atoms with E-state index >= 15 is 0 Å². The lowest BCUT2D eigenvalue weighted by Gasteiger charge is -2.40. The van der Waals surface area contributed by atoms with Gasteiger partial charge in [0.15, 0.2) is 11.5 Å². The van der Waals surface area contributed by atoms with Crippen molar-refractivity contribution in [1.82, 2.24) is 4.90 Å². The van der Waals surface area contributed by atoms with Crippen molar-refractivity contribution in [2.75, 3.05) is 27.9 Å². The molecule has 2 aromatic rings. The zero-order chi connectivity index (χ0) is 21.1. The summed E-state index contributed by atoms with van der Waals surface area (Å²) in [6, 6.07) is 12.0. The maximum Gasteiger partial charge on any atom is 0.226 e. The van der Waals surface area contributed by atoms with Gasteiger partial charge in [-0.3, -0.25) is 4.79 Å². The van der Waals surface area contributed by atoms with E-state index in [9.17, 15) is 4.79 Å². The van der Waals surface area contributed by atoms with Crippen molar-refractivity contribution in [2.24, 2.45) is 5.92 Å². The minimum absolute atomic E-state index is 0.131. The molecule has 30 heavy (non-hydrogen) atoms. The summed E-state index contributed by atoms with van der Waals surface area (Å²) in [7, 11) is 4.98. The van der Waals surface area contributed by atoms with Gasteiger partial charge < -0.3 is 19.1 Å². The number of hydrogen-bond donors (Lipinski definition) is 0. The van der Waals surface area contributed by atoms with E-state index in [0.717, 1.165) is 54.7 Å². The first-order valence-electron chi connectivity index (χ1n) is 10.9. The molecule has 0 radical (unpaired) electrons. The maximum absolute atomic E-state index is 13.6. The van der Waals surface area contributed by atoms with Crippen molar-refractivity contribution in [1.29, 1.82) is 0 Å². The maximum atomic E-state index is 13.6. The molecule has 0 N–H and O–H groups in total. The molecule has 1 amide bonds. The van der Waals surface area contributed by atoms with Crippen LogP contribution in [0.3, 0.4) is 0 Å². The average Bonchev–Trinajstić information content (AvgIpc) is 2.82. The molecule has 0 unspecified atom stereocenters. The second-order valence-corrected chi connectivity index (χ2v) is 8.20. The van der Waals surface area contributed by atoms with Crippen LogP contribution in [0, 0.1) is 5.92 Å². The molecular formula is C25H31NO4. The fourth-order valence-corrected chi connectivity index (χ4v) is 4.91. The van der Waals surface area contributed by atoms with Gasteiger partial charge in [0, 0.05) is 12.5 Å². The number of carbonyl (C=O) groups is 1. The van der Waals surface area contributed by atoms with Gasteiger partial charge in [-0.05, 0) is 60.2 Å². The zero-order valence-electron chi connectivity index (χ0n) is 18.1. The Morgan fingerprint density at radius 3 is 2.20 bits per heavy atom. The Bertz CT molecular complexity index is 887. The van der Waals surface area contributed by atoms with E-state index in [2.05, 4.69) is 23.1 Å². The number of amides is 1. The normalized spacial score (nSPS) is 19.2. The summed E-state index contributed by atoms with van der Waals surface area (Å²) < 4.78 is 16.5. The van der Waals surface area contributed by atoms with Crippen LogP contribution in [0.25, 0.3) is 0 Å². The van der Waals surface area contributed by atoms with Crippen LogP contribution in [-0.4, -0.2) is 38.7 Å². The number of fused-ring (bicyclic) bond motifs is 1. The van der Waals surface area contributed by atoms with Gasteiger partial charge in [0.2, 0.25) is 5.91 Å². The molecular weight excluding hydrogens is 378 g/mol. The summed E-state index contributed by atoms with van der Waals surface area (Å²) in [6.07, 6.45) is 6.37. The Balaban J connectivity index is 1.78. The molecule has 1 aliphatic carbocycles. The number of methoxy groups -OCH3 is 3. The summed E-state index contributed by atoms with van der Waals surface area (Å²) in [5.74, 6) is 2.67. The van der Waals surface area contributed by atoms with Gasteiger partial charge in [-0.15, -0.1) is 0 Å². The second-order valence-electron chi connectivity index (χ2n) is 8.20. The zero-order valence-corrected chi connectivity index (χ0v) is 18.1. The van der Waals surface area contributed by atoms with Crippen LogP contribution < -0.4 is 14.2 Å². The highest BCUT2D eigenvalue weighted by molar-refractivity contribution is 5.80. The first-order valence-corrected chi connectivity index (χ1v) is 10.9. The lowest BCUT2D eigenvalue weighted by molar-refractivity contribution is -0.138. The predicted octanol–water partition coefficient (Wildman–Crippen LogP) is 4.77. The molecule has 2 aliphatic rings. The Kier molecular flexibility index (Phi) is 6.16. The standard InChI is InChI=1S/C25H31NO4/c1-28-20-11-9-17(10-12-20)24-21-16-23(30-3)22(29-2)15-19(21)13-14-26(24)25(27)18-7-5-4-6-8-18/h9-12,15-16,18,24H,4-8,13-14H2,1-3H3/t24-/m0/s1. The van der Waals surface area contributed by atoms with Gasteiger partial charge in [0.05, 0.1) is 27.4 Å². The minimum atomic E-state index is -0.131. The molecule has 1 aliphatic heterocycles. The van der Waals surface area contributed by atoms with E-state index in [1.807, 2.05) is 18.2 Å². The van der Waals surface area contributed by atoms with Crippen LogP contribution in [0.15, 0.2) is 36.4 Å². The summed E-state index contributed by atoms with van der Waals surface area (Å²) >= 11 is 0. The Morgan fingerprint density at radius 1 is 0.900 bits per heavy atom. The summed E-state index contributed by atoms with van der Waals surface area (Å²) in [4.78, 5) is 15.7. The highest BCUT2D eigenvalue weighted by Gasteiger charge is 2.36. The van der Waals surface area contributed by atoms with E-state index in [4.69, 9.17) is 14.2 Å². The van der Waals surface area contributed by atoms with Gasteiger partial charge in [-0.1, -0.05) is 31.4 Å². The van der Waals surface area contributed by atoms with Crippen LogP contribution in [-0.2, 0) is 11.2 Å². The van der Waals surface area contributed by atoms with Crippen LogP contribution in [0.1, 0.15) is 54.8 Å². The van der Waals surface area contributed by atoms with Crippen molar-refractivity contribution in [3.05, 3.63) is 53.1 Å². The van der Waals surface area contributed by atoms with Crippen LogP contribution >= 0.6 is 0 Å². The number of hydrogen-bond acceptors (Lipinski definition) is 4. The van der Waals surface area contributed by atoms with E-state index in [1.54, 1.807) is 21.3 Å². The first-order chi connectivity index (χ1) is 14.7. The van der Waals surface area contributed by atoms with Gasteiger partial charge >= 0.3 is 0 Å². The third-order valence-corrected chi connectivity index (χ3v) is 6.54. The van der Waals surface area contributed by atoms with Gasteiger partial charge in [0.1, 0.15) is 5.75 Å². The highest BCUT2D eigenvalue weighted by atomic mass is 16.5. The summed E-state index contributed by atoms with van der Waals surface area (Å²) in [5, 5.41) is 0. The second kappa shape index (κ2) is 8.99. The molecule has 0 spiro atoms. The van der Waals surface area contributed by atoms with Gasteiger partial charge in [0.25, 0.3) is 0 Å². The SMILES string of the molecule is COc1ccc([C@H]2c3cc(OC)c(OC)cc3CCN2C(=O)C2CCCCC2)cc1. The third kappa shape index (κ3) is 3.85. The fraction of sp³-hybridized carbons (Fsp3) is 0.480. The quantitative estimate of drug-likeness (QED) is 0.714. The topological polar surface area (TPSA) is 48.0 Å². The average molecular weight is 410 g/mol. The number of nitrogens with zero attached hydrogens (tertiary/aromatic N) is 1. The molecule has 5 nitrogen and oxygen atoms in total. The smallest absolute Gasteiger partial charge is 0.226 e. The number of carbonyl (C=O) groups excluding carboxylic acids is 1. The van der Waals surface area contributed by atoms with E-state index < -0.39 is 0 Å². The van der Waals surface area contributed by atoms with Gasteiger partial charge in [-0.2, -0.15) is 0 Å². The Hall–Kier alpha value is -2.69. The van der Waals surface area contributed by atoms with E-state index in [-0.39, 0.29) is 17.9 Å². The predicted molar refractivity (Wildman–Crippen MR) is 116 cm³/mol. The van der Waals surface area contributed by atoms with Crippen molar-refractivity contribution in [3.63, 3.8) is 0 Å². The monoisotopic (exact) mass is 409 g/mol. The van der Waals surface area contributed by atoms with E-state index in [1.165, 1.54) is 12.0 Å². The van der Waals surface area contributed by atoms with Crippen molar-refractivity contribution >= 4 is 5.91 Å². The molecule has 1 heterocycles. The molecule has 0 bridgehead atoms. The summed E-state index contributed by atoms with van der Waals surface area (Å²) in [5.41, 5.74) is 3.42. The van der Waals surface area contributed by atoms with Crippen molar-refractivity contribution < 1.29 is 19.0 Å². The molecule has 0 saturated heterocycles. The molecule has 1 fully saturated rings. The Labute approximate surface area is 178 Å². The van der Waals surface area contributed by atoms with Crippen molar-refractivity contribution in [3.8, 4) is 17.2 Å². The molecule has 5 heteroatoms. The molecule has 1 atom stereocenters. The minimum Gasteiger partial charge on any atom is -0.497 e. The number of ether oxygens (including phenoxy) is 3. The molecule has 4 rings (SSSR count). The van der Waals surface area contributed by atoms with Crippen LogP contribution in [0.4, 0.5) is 0 Å². The Morgan fingerprint density at radius 2 is 1.57 bits per heavy atom. The largest absolute Gasteiger partial charge is 0.497 e.